The van der Waals surface area contributed by atoms with Crippen molar-refractivity contribution in [1.29, 1.82) is 0 Å². The van der Waals surface area contributed by atoms with Gasteiger partial charge in [-0.25, -0.2) is 4.98 Å². The fourth-order valence-corrected chi connectivity index (χ4v) is 0.974. The second-order valence-corrected chi connectivity index (χ2v) is 3.49. The van der Waals surface area contributed by atoms with Gasteiger partial charge in [0.25, 0.3) is 0 Å². The van der Waals surface area contributed by atoms with E-state index in [0.717, 1.165) is 5.56 Å². The summed E-state index contributed by atoms with van der Waals surface area (Å²) in [5, 5.41) is 0. The summed E-state index contributed by atoms with van der Waals surface area (Å²) < 4.78 is 39.9. The lowest BCUT2D eigenvalue weighted by atomic mass is 10.1. The summed E-state index contributed by atoms with van der Waals surface area (Å²) >= 11 is 0. The summed E-state index contributed by atoms with van der Waals surface area (Å²) in [6.45, 7) is 4.65. The first kappa shape index (κ1) is 15.4. The van der Waals surface area contributed by atoms with E-state index in [1.807, 2.05) is 20.6 Å². The maximum atomic E-state index is 11.8. The van der Waals surface area contributed by atoms with Gasteiger partial charge in [0.2, 0.25) is 5.88 Å². The zero-order valence-electron chi connectivity index (χ0n) is 9.62. The lowest BCUT2D eigenvalue weighted by Crippen LogP contribution is -2.19. The molecular formula is C11H14F3NO2. The summed E-state index contributed by atoms with van der Waals surface area (Å²) in [6.07, 6.45) is -2.80. The number of hydrogen-bond acceptors (Lipinski definition) is 3. The molecule has 0 unspecified atom stereocenters. The molecule has 0 aliphatic carbocycles. The molecule has 0 aliphatic rings. The number of alkyl halides is 3. The van der Waals surface area contributed by atoms with E-state index >= 15 is 0 Å². The van der Waals surface area contributed by atoms with Gasteiger partial charge < -0.3 is 9.53 Å². The van der Waals surface area contributed by atoms with E-state index in [1.165, 1.54) is 12.3 Å². The molecule has 1 rings (SSSR count). The number of ether oxygens (including phenoxy) is 1. The van der Waals surface area contributed by atoms with E-state index in [-0.39, 0.29) is 5.88 Å². The number of carbonyl (C=O) groups is 1. The van der Waals surface area contributed by atoms with Gasteiger partial charge in [-0.3, -0.25) is 0 Å². The zero-order chi connectivity index (χ0) is 13.5. The fraction of sp³-hybridized carbons (Fsp3) is 0.455. The topological polar surface area (TPSA) is 39.2 Å². The van der Waals surface area contributed by atoms with Gasteiger partial charge in [0.05, 0.1) is 0 Å². The highest BCUT2D eigenvalue weighted by Gasteiger charge is 2.28. The van der Waals surface area contributed by atoms with Crippen LogP contribution in [0.15, 0.2) is 18.3 Å². The Morgan fingerprint density at radius 1 is 1.35 bits per heavy atom. The molecule has 0 amide bonds. The smallest absolute Gasteiger partial charge is 0.422 e. The molecule has 0 N–H and O–H groups in total. The predicted octanol–water partition coefficient (Wildman–Crippen LogP) is 2.96. The van der Waals surface area contributed by atoms with Crippen LogP contribution in [0.25, 0.3) is 0 Å². The predicted molar refractivity (Wildman–Crippen MR) is 57.0 cm³/mol. The van der Waals surface area contributed by atoms with E-state index in [0.29, 0.717) is 5.92 Å². The van der Waals surface area contributed by atoms with Crippen LogP contribution in [0.2, 0.25) is 0 Å². The first-order valence-electron chi connectivity index (χ1n) is 4.83. The monoisotopic (exact) mass is 249 g/mol. The summed E-state index contributed by atoms with van der Waals surface area (Å²) in [6, 6.07) is 3.16. The Labute approximate surface area is 97.6 Å². The number of aromatic nitrogens is 1. The molecule has 0 aromatic carbocycles. The fourth-order valence-electron chi connectivity index (χ4n) is 0.974. The molecule has 0 saturated carbocycles. The third-order valence-electron chi connectivity index (χ3n) is 1.81. The summed E-state index contributed by atoms with van der Waals surface area (Å²) in [5.74, 6) is 0.297. The van der Waals surface area contributed by atoms with Gasteiger partial charge in [-0.1, -0.05) is 19.9 Å². The van der Waals surface area contributed by atoms with Crippen LogP contribution in [0.4, 0.5) is 13.2 Å². The zero-order valence-corrected chi connectivity index (χ0v) is 9.62. The molecule has 0 atom stereocenters. The van der Waals surface area contributed by atoms with Crippen LogP contribution in [-0.4, -0.2) is 24.6 Å². The van der Waals surface area contributed by atoms with Crippen molar-refractivity contribution < 1.29 is 22.7 Å². The van der Waals surface area contributed by atoms with Crippen molar-refractivity contribution >= 4 is 6.79 Å². The van der Waals surface area contributed by atoms with Gasteiger partial charge in [-0.05, 0) is 11.5 Å². The highest BCUT2D eigenvalue weighted by atomic mass is 19.4. The molecule has 96 valence electrons. The van der Waals surface area contributed by atoms with Crippen molar-refractivity contribution in [2.75, 3.05) is 6.61 Å². The average molecular weight is 249 g/mol. The Morgan fingerprint density at radius 3 is 2.29 bits per heavy atom. The maximum absolute atomic E-state index is 11.8. The standard InChI is InChI=1S/C10H12F3NO.CH2O/c1-7(2)8-3-4-9(14-5-8)15-6-10(11,12)13;1-2/h3-5,7H,6H2,1-2H3;1H2. The lowest BCUT2D eigenvalue weighted by Gasteiger charge is -2.09. The van der Waals surface area contributed by atoms with Crippen molar-refractivity contribution in [3.05, 3.63) is 23.9 Å². The van der Waals surface area contributed by atoms with Crippen LogP contribution in [0.1, 0.15) is 25.3 Å². The quantitative estimate of drug-likeness (QED) is 0.826. The number of carbonyl (C=O) groups excluding carboxylic acids is 1. The van der Waals surface area contributed by atoms with Gasteiger partial charge in [-0.15, -0.1) is 0 Å². The molecule has 0 radical (unpaired) electrons. The average Bonchev–Trinajstić information content (AvgIpc) is 2.29. The van der Waals surface area contributed by atoms with Gasteiger partial charge in [0.1, 0.15) is 6.79 Å². The van der Waals surface area contributed by atoms with E-state index < -0.39 is 12.8 Å². The summed E-state index contributed by atoms with van der Waals surface area (Å²) in [4.78, 5) is 11.8. The van der Waals surface area contributed by atoms with Crippen molar-refractivity contribution in [2.24, 2.45) is 0 Å². The molecule has 1 aromatic heterocycles. The Bertz CT molecular complexity index is 322. The minimum Gasteiger partial charge on any atom is -0.468 e. The van der Waals surface area contributed by atoms with E-state index in [1.54, 1.807) is 6.07 Å². The molecule has 3 nitrogen and oxygen atoms in total. The Balaban J connectivity index is 0.00000121. The number of pyridine rings is 1. The summed E-state index contributed by atoms with van der Waals surface area (Å²) in [7, 11) is 0. The first-order valence-corrected chi connectivity index (χ1v) is 4.83. The molecule has 1 heterocycles. The Kier molecular flexibility index (Phi) is 6.23. The third kappa shape index (κ3) is 6.55. The normalized spacial score (nSPS) is 10.7. The third-order valence-corrected chi connectivity index (χ3v) is 1.81. The molecule has 0 saturated heterocycles. The van der Waals surface area contributed by atoms with Gasteiger partial charge in [-0.2, -0.15) is 13.2 Å². The highest BCUT2D eigenvalue weighted by molar-refractivity contribution is 5.20. The number of rotatable bonds is 3. The van der Waals surface area contributed by atoms with Crippen molar-refractivity contribution in [3.8, 4) is 5.88 Å². The van der Waals surface area contributed by atoms with Crippen LogP contribution < -0.4 is 4.74 Å². The summed E-state index contributed by atoms with van der Waals surface area (Å²) in [5.41, 5.74) is 0.967. The Hall–Kier alpha value is -1.59. The number of halogens is 3. The molecule has 17 heavy (non-hydrogen) atoms. The van der Waals surface area contributed by atoms with Crippen molar-refractivity contribution in [1.82, 2.24) is 4.98 Å². The van der Waals surface area contributed by atoms with E-state index in [2.05, 4.69) is 9.72 Å². The number of nitrogens with zero attached hydrogens (tertiary/aromatic N) is 1. The molecule has 0 aliphatic heterocycles. The van der Waals surface area contributed by atoms with Crippen molar-refractivity contribution in [3.63, 3.8) is 0 Å². The Morgan fingerprint density at radius 2 is 1.94 bits per heavy atom. The SMILES string of the molecule is C=O.CC(C)c1ccc(OCC(F)(F)F)nc1. The molecule has 0 fully saturated rings. The van der Waals surface area contributed by atoms with Crippen molar-refractivity contribution in [2.45, 2.75) is 25.9 Å². The second kappa shape index (κ2) is 6.88. The van der Waals surface area contributed by atoms with E-state index in [9.17, 15) is 13.2 Å². The van der Waals surface area contributed by atoms with E-state index in [4.69, 9.17) is 4.79 Å². The highest BCUT2D eigenvalue weighted by Crippen LogP contribution is 2.19. The molecule has 6 heteroatoms. The number of hydrogen-bond donors (Lipinski definition) is 0. The molecule has 0 spiro atoms. The van der Waals surface area contributed by atoms with Crippen LogP contribution >= 0.6 is 0 Å². The lowest BCUT2D eigenvalue weighted by molar-refractivity contribution is -0.154. The van der Waals surface area contributed by atoms with Crippen LogP contribution in [0, 0.1) is 0 Å². The van der Waals surface area contributed by atoms with Gasteiger partial charge in [0.15, 0.2) is 6.61 Å². The van der Waals surface area contributed by atoms with Crippen LogP contribution in [0.5, 0.6) is 5.88 Å². The van der Waals surface area contributed by atoms with Gasteiger partial charge >= 0.3 is 6.18 Å². The van der Waals surface area contributed by atoms with Gasteiger partial charge in [0, 0.05) is 12.3 Å². The van der Waals surface area contributed by atoms with Crippen LogP contribution in [-0.2, 0) is 4.79 Å². The molecule has 0 bridgehead atoms. The largest absolute Gasteiger partial charge is 0.468 e. The molecule has 1 aromatic rings. The maximum Gasteiger partial charge on any atom is 0.422 e. The molecular weight excluding hydrogens is 235 g/mol. The second-order valence-electron chi connectivity index (χ2n) is 3.49. The first-order chi connectivity index (χ1) is 7.88. The minimum absolute atomic E-state index is 0.00303. The van der Waals surface area contributed by atoms with Crippen LogP contribution in [0.3, 0.4) is 0 Å². The minimum atomic E-state index is -4.32.